The zero-order valence-corrected chi connectivity index (χ0v) is 20.8. The summed E-state index contributed by atoms with van der Waals surface area (Å²) in [5.41, 5.74) is 4.58. The molecule has 178 valence electrons. The Balaban J connectivity index is 1.55. The van der Waals surface area contributed by atoms with Gasteiger partial charge in [-0.05, 0) is 47.9 Å². The first kappa shape index (κ1) is 23.9. The van der Waals surface area contributed by atoms with Crippen LogP contribution in [-0.4, -0.2) is 15.7 Å². The summed E-state index contributed by atoms with van der Waals surface area (Å²) in [5, 5.41) is 9.10. The summed E-state index contributed by atoms with van der Waals surface area (Å²) >= 11 is 12.7. The third-order valence-corrected chi connectivity index (χ3v) is 6.50. The van der Waals surface area contributed by atoms with Crippen LogP contribution in [-0.2, 0) is 6.42 Å². The van der Waals surface area contributed by atoms with Crippen LogP contribution >= 0.6 is 23.2 Å². The molecule has 1 aromatic heterocycles. The molecule has 1 heterocycles. The minimum Gasteiger partial charge on any atom is -0.344 e. The van der Waals surface area contributed by atoms with Gasteiger partial charge in [-0.2, -0.15) is 5.10 Å². The molecular formula is C30H23Cl2N3O. The van der Waals surface area contributed by atoms with Crippen molar-refractivity contribution in [3.8, 4) is 16.9 Å². The lowest BCUT2D eigenvalue weighted by molar-refractivity contribution is 0.0928. The molecule has 4 nitrogen and oxygen atoms in total. The number of amides is 1. The molecule has 1 N–H and O–H groups in total. The maximum Gasteiger partial charge on any atom is 0.270 e. The highest BCUT2D eigenvalue weighted by Gasteiger charge is 2.22. The first-order valence-corrected chi connectivity index (χ1v) is 12.3. The molecule has 0 spiro atoms. The molecule has 4 aromatic carbocycles. The quantitative estimate of drug-likeness (QED) is 0.245. The van der Waals surface area contributed by atoms with Crippen molar-refractivity contribution in [2.45, 2.75) is 12.5 Å². The van der Waals surface area contributed by atoms with Gasteiger partial charge in [0.25, 0.3) is 5.91 Å². The lowest BCUT2D eigenvalue weighted by Crippen LogP contribution is -2.31. The Kier molecular flexibility index (Phi) is 7.17. The van der Waals surface area contributed by atoms with Crippen LogP contribution in [0.25, 0.3) is 16.9 Å². The number of nitrogens with one attached hydrogen (secondary N) is 1. The molecule has 0 saturated carbocycles. The van der Waals surface area contributed by atoms with Crippen LogP contribution in [0.5, 0.6) is 0 Å². The monoisotopic (exact) mass is 511 g/mol. The van der Waals surface area contributed by atoms with Gasteiger partial charge >= 0.3 is 0 Å². The predicted molar refractivity (Wildman–Crippen MR) is 146 cm³/mol. The summed E-state index contributed by atoms with van der Waals surface area (Å²) in [5.74, 6) is -0.245. The molecule has 6 heteroatoms. The topological polar surface area (TPSA) is 46.9 Å². The lowest BCUT2D eigenvalue weighted by Gasteiger charge is -2.20. The summed E-state index contributed by atoms with van der Waals surface area (Å²) in [6, 6.07) is 36.3. The van der Waals surface area contributed by atoms with Gasteiger partial charge in [0.05, 0.1) is 22.4 Å². The predicted octanol–water partition coefficient (Wildman–Crippen LogP) is 7.56. The third kappa shape index (κ3) is 5.35. The highest BCUT2D eigenvalue weighted by molar-refractivity contribution is 6.33. The van der Waals surface area contributed by atoms with Gasteiger partial charge in [-0.3, -0.25) is 4.79 Å². The normalized spacial score (nSPS) is 11.7. The zero-order valence-electron chi connectivity index (χ0n) is 19.3. The third-order valence-electron chi connectivity index (χ3n) is 5.93. The van der Waals surface area contributed by atoms with Crippen LogP contribution in [0.1, 0.15) is 27.7 Å². The Morgan fingerprint density at radius 3 is 2.22 bits per heavy atom. The van der Waals surface area contributed by atoms with E-state index in [0.29, 0.717) is 33.5 Å². The van der Waals surface area contributed by atoms with Crippen molar-refractivity contribution < 1.29 is 4.79 Å². The van der Waals surface area contributed by atoms with Gasteiger partial charge in [-0.1, -0.05) is 108 Å². The molecule has 36 heavy (non-hydrogen) atoms. The number of hydrogen-bond donors (Lipinski definition) is 1. The van der Waals surface area contributed by atoms with Crippen molar-refractivity contribution in [1.29, 1.82) is 0 Å². The molecule has 5 aromatic rings. The molecule has 0 radical (unpaired) electrons. The summed E-state index contributed by atoms with van der Waals surface area (Å²) in [4.78, 5) is 13.8. The average Bonchev–Trinajstić information content (AvgIpc) is 3.35. The highest BCUT2D eigenvalue weighted by Crippen LogP contribution is 2.29. The van der Waals surface area contributed by atoms with Gasteiger partial charge in [-0.15, -0.1) is 0 Å². The number of rotatable bonds is 7. The van der Waals surface area contributed by atoms with E-state index in [-0.39, 0.29) is 11.9 Å². The van der Waals surface area contributed by atoms with E-state index >= 15 is 0 Å². The first-order valence-electron chi connectivity index (χ1n) is 11.6. The van der Waals surface area contributed by atoms with Crippen LogP contribution in [0.4, 0.5) is 0 Å². The Hall–Kier alpha value is -3.86. The number of carbonyl (C=O) groups is 1. The molecule has 0 aliphatic rings. The van der Waals surface area contributed by atoms with Crippen molar-refractivity contribution in [1.82, 2.24) is 15.1 Å². The fourth-order valence-electron chi connectivity index (χ4n) is 4.17. The molecule has 1 amide bonds. The smallest absolute Gasteiger partial charge is 0.270 e. The Bertz CT molecular complexity index is 1480. The molecule has 0 aliphatic carbocycles. The minimum absolute atomic E-state index is 0.229. The van der Waals surface area contributed by atoms with Crippen molar-refractivity contribution in [2.75, 3.05) is 0 Å². The second-order valence-corrected chi connectivity index (χ2v) is 9.26. The Morgan fingerprint density at radius 1 is 0.806 bits per heavy atom. The van der Waals surface area contributed by atoms with E-state index in [4.69, 9.17) is 28.3 Å². The van der Waals surface area contributed by atoms with Gasteiger partial charge < -0.3 is 5.32 Å². The summed E-state index contributed by atoms with van der Waals surface area (Å²) in [6.45, 7) is 0. The van der Waals surface area contributed by atoms with E-state index < -0.39 is 0 Å². The summed E-state index contributed by atoms with van der Waals surface area (Å²) in [7, 11) is 0. The van der Waals surface area contributed by atoms with Crippen LogP contribution < -0.4 is 5.32 Å². The number of hydrogen-bond acceptors (Lipinski definition) is 2. The maximum atomic E-state index is 13.8. The molecule has 0 fully saturated rings. The Labute approximate surface area is 220 Å². The fraction of sp³-hybridized carbons (Fsp3) is 0.0667. The molecule has 5 rings (SSSR count). The second kappa shape index (κ2) is 10.8. The van der Waals surface area contributed by atoms with Crippen LogP contribution in [0.15, 0.2) is 115 Å². The summed E-state index contributed by atoms with van der Waals surface area (Å²) < 4.78 is 1.62. The fourth-order valence-corrected chi connectivity index (χ4v) is 4.58. The van der Waals surface area contributed by atoms with Crippen molar-refractivity contribution in [3.05, 3.63) is 142 Å². The SMILES string of the molecule is O=C(N[C@@H](Cc1ccccc1)c1ccccc1)c1cc(-c2ccccc2Cl)nn1-c1cccc(Cl)c1. The standard InChI is InChI=1S/C30H23Cl2N3O/c31-23-14-9-15-24(19-23)35-29(20-28(34-35)25-16-7-8-17-26(25)32)30(36)33-27(22-12-5-2-6-13-22)18-21-10-3-1-4-11-21/h1-17,19-20,27H,18H2,(H,33,36)/t27-/m0/s1. The van der Waals surface area contributed by atoms with Gasteiger partial charge in [0.15, 0.2) is 0 Å². The van der Waals surface area contributed by atoms with E-state index in [1.54, 1.807) is 28.9 Å². The van der Waals surface area contributed by atoms with Crippen molar-refractivity contribution in [3.63, 3.8) is 0 Å². The van der Waals surface area contributed by atoms with E-state index in [1.165, 1.54) is 0 Å². The zero-order chi connectivity index (χ0) is 24.9. The number of halogens is 2. The highest BCUT2D eigenvalue weighted by atomic mass is 35.5. The second-order valence-electron chi connectivity index (χ2n) is 8.41. The lowest BCUT2D eigenvalue weighted by atomic mass is 9.98. The molecule has 0 unspecified atom stereocenters. The van der Waals surface area contributed by atoms with Gasteiger partial charge in [0.2, 0.25) is 0 Å². The first-order chi connectivity index (χ1) is 17.6. The maximum absolute atomic E-state index is 13.8. The van der Waals surface area contributed by atoms with E-state index in [1.807, 2.05) is 78.9 Å². The minimum atomic E-state index is -0.245. The molecule has 0 saturated heterocycles. The molecule has 0 aliphatic heterocycles. The van der Waals surface area contributed by atoms with E-state index in [9.17, 15) is 4.79 Å². The molecule has 1 atom stereocenters. The van der Waals surface area contributed by atoms with Gasteiger partial charge in [0.1, 0.15) is 5.69 Å². The Morgan fingerprint density at radius 2 is 1.50 bits per heavy atom. The van der Waals surface area contributed by atoms with Crippen LogP contribution in [0, 0.1) is 0 Å². The number of aromatic nitrogens is 2. The number of benzene rings is 4. The van der Waals surface area contributed by atoms with Crippen LogP contribution in [0.3, 0.4) is 0 Å². The van der Waals surface area contributed by atoms with Crippen LogP contribution in [0.2, 0.25) is 10.0 Å². The number of carbonyl (C=O) groups excluding carboxylic acids is 1. The van der Waals surface area contributed by atoms with Gasteiger partial charge in [-0.25, -0.2) is 4.68 Å². The van der Waals surface area contributed by atoms with Crippen molar-refractivity contribution >= 4 is 29.1 Å². The average molecular weight is 512 g/mol. The summed E-state index contributed by atoms with van der Waals surface area (Å²) in [6.07, 6.45) is 0.652. The van der Waals surface area contributed by atoms with E-state index in [2.05, 4.69) is 17.4 Å². The molecule has 0 bridgehead atoms. The van der Waals surface area contributed by atoms with Crippen molar-refractivity contribution in [2.24, 2.45) is 0 Å². The van der Waals surface area contributed by atoms with Gasteiger partial charge in [0, 0.05) is 10.6 Å². The molecular weight excluding hydrogens is 489 g/mol. The number of nitrogens with zero attached hydrogens (tertiary/aromatic N) is 2. The van der Waals surface area contributed by atoms with E-state index in [0.717, 1.165) is 16.7 Å². The largest absolute Gasteiger partial charge is 0.344 e.